The Morgan fingerprint density at radius 1 is 1.03 bits per heavy atom. The van der Waals surface area contributed by atoms with Gasteiger partial charge in [0.2, 0.25) is 0 Å². The van der Waals surface area contributed by atoms with Crippen LogP contribution in [-0.2, 0) is 26.2 Å². The van der Waals surface area contributed by atoms with E-state index < -0.39 is 0 Å². The number of carbonyl (C=O) groups is 1. The molecule has 30 heavy (non-hydrogen) atoms. The fourth-order valence-electron chi connectivity index (χ4n) is 5.17. The Morgan fingerprint density at radius 2 is 1.80 bits per heavy atom. The van der Waals surface area contributed by atoms with Gasteiger partial charge in [0.05, 0.1) is 19.8 Å². The van der Waals surface area contributed by atoms with Crippen molar-refractivity contribution in [2.45, 2.75) is 30.9 Å². The molecule has 0 amide bonds. The molecule has 5 nitrogen and oxygen atoms in total. The summed E-state index contributed by atoms with van der Waals surface area (Å²) in [6.07, 6.45) is 1.07. The van der Waals surface area contributed by atoms with Crippen molar-refractivity contribution in [3.63, 3.8) is 0 Å². The molecular formula is C25H30N2O3. The lowest BCUT2D eigenvalue weighted by molar-refractivity contribution is -0.128. The van der Waals surface area contributed by atoms with E-state index in [9.17, 15) is 4.79 Å². The van der Waals surface area contributed by atoms with Crippen molar-refractivity contribution in [1.82, 2.24) is 4.90 Å². The van der Waals surface area contributed by atoms with E-state index in [-0.39, 0.29) is 17.3 Å². The summed E-state index contributed by atoms with van der Waals surface area (Å²) in [5.41, 5.74) is 3.85. The second-order valence-corrected chi connectivity index (χ2v) is 8.81. The number of ether oxygens (including phenoxy) is 2. The van der Waals surface area contributed by atoms with Crippen LogP contribution in [0.15, 0.2) is 54.6 Å². The quantitative estimate of drug-likeness (QED) is 0.738. The normalized spacial score (nSPS) is 26.3. The second-order valence-electron chi connectivity index (χ2n) is 8.81. The minimum atomic E-state index is -0.282. The molecule has 2 fully saturated rings. The molecule has 1 spiro atoms. The first-order valence-electron chi connectivity index (χ1n) is 11.1. The average Bonchev–Trinajstić information content (AvgIpc) is 3.36. The van der Waals surface area contributed by atoms with Crippen molar-refractivity contribution in [2.24, 2.45) is 0 Å². The summed E-state index contributed by atoms with van der Waals surface area (Å²) in [6, 6.07) is 19.2. The van der Waals surface area contributed by atoms with Crippen LogP contribution in [0.4, 0.5) is 5.69 Å². The van der Waals surface area contributed by atoms with E-state index in [0.717, 1.165) is 52.4 Å². The van der Waals surface area contributed by atoms with Gasteiger partial charge in [-0.3, -0.25) is 9.69 Å². The monoisotopic (exact) mass is 406 g/mol. The molecule has 2 aromatic carbocycles. The first-order chi connectivity index (χ1) is 14.7. The van der Waals surface area contributed by atoms with Gasteiger partial charge in [-0.05, 0) is 23.6 Å². The lowest BCUT2D eigenvalue weighted by atomic mass is 9.79. The lowest BCUT2D eigenvalue weighted by Crippen LogP contribution is -2.38. The second kappa shape index (κ2) is 8.50. The molecule has 158 valence electrons. The number of rotatable bonds is 6. The van der Waals surface area contributed by atoms with Crippen LogP contribution < -0.4 is 4.90 Å². The molecular weight excluding hydrogens is 376 g/mol. The van der Waals surface area contributed by atoms with E-state index in [0.29, 0.717) is 13.0 Å². The van der Waals surface area contributed by atoms with Crippen molar-refractivity contribution in [2.75, 3.05) is 50.9 Å². The van der Waals surface area contributed by atoms with Crippen molar-refractivity contribution in [3.05, 3.63) is 65.7 Å². The number of para-hydroxylation sites is 1. The Balaban J connectivity index is 1.27. The maximum absolute atomic E-state index is 12.9. The Hall–Kier alpha value is -2.21. The fraction of sp³-hybridized carbons (Fsp3) is 0.480. The van der Waals surface area contributed by atoms with Gasteiger partial charge in [0, 0.05) is 50.2 Å². The summed E-state index contributed by atoms with van der Waals surface area (Å²) in [7, 11) is 0. The van der Waals surface area contributed by atoms with E-state index in [4.69, 9.17) is 9.47 Å². The zero-order chi connectivity index (χ0) is 20.4. The molecule has 3 aliphatic heterocycles. The minimum Gasteiger partial charge on any atom is -0.379 e. The summed E-state index contributed by atoms with van der Waals surface area (Å²) in [5.74, 6) is 0.248. The smallest absolute Gasteiger partial charge is 0.162 e. The van der Waals surface area contributed by atoms with Gasteiger partial charge < -0.3 is 14.4 Å². The van der Waals surface area contributed by atoms with E-state index in [1.54, 1.807) is 0 Å². The molecule has 2 aromatic rings. The van der Waals surface area contributed by atoms with E-state index in [1.165, 1.54) is 16.8 Å². The zero-order valence-corrected chi connectivity index (χ0v) is 17.5. The van der Waals surface area contributed by atoms with Crippen LogP contribution in [-0.4, -0.2) is 62.8 Å². The number of benzene rings is 2. The molecule has 5 rings (SSSR count). The fourth-order valence-corrected chi connectivity index (χ4v) is 5.17. The molecule has 2 atom stereocenters. The number of nitrogens with zero attached hydrogens (tertiary/aromatic N) is 2. The number of morpholine rings is 1. The Morgan fingerprint density at radius 3 is 2.63 bits per heavy atom. The lowest BCUT2D eigenvalue weighted by Gasteiger charge is -2.26. The third-order valence-electron chi connectivity index (χ3n) is 6.80. The molecule has 3 heterocycles. The predicted octanol–water partition coefficient (Wildman–Crippen LogP) is 3.02. The number of hydrogen-bond acceptors (Lipinski definition) is 5. The first-order valence-corrected chi connectivity index (χ1v) is 11.1. The molecule has 0 bridgehead atoms. The maximum Gasteiger partial charge on any atom is 0.162 e. The van der Waals surface area contributed by atoms with Crippen molar-refractivity contribution < 1.29 is 14.3 Å². The molecule has 0 aromatic heterocycles. The van der Waals surface area contributed by atoms with Crippen molar-refractivity contribution >= 4 is 11.5 Å². The molecule has 0 radical (unpaired) electrons. The average molecular weight is 407 g/mol. The van der Waals surface area contributed by atoms with E-state index in [1.807, 2.05) is 0 Å². The standard InChI is InChI=1S/C25H30N2O3/c28-23(10-11-26-12-14-29-15-13-26)24-16-25(19-30-24)18-27(17-20-6-2-1-3-7-20)22-9-5-4-8-21(22)25/h1-9,24H,10-19H2. The van der Waals surface area contributed by atoms with Crippen LogP contribution in [0.1, 0.15) is 24.0 Å². The molecule has 0 N–H and O–H groups in total. The van der Waals surface area contributed by atoms with Gasteiger partial charge >= 0.3 is 0 Å². The molecule has 0 saturated carbocycles. The van der Waals surface area contributed by atoms with Crippen LogP contribution >= 0.6 is 0 Å². The van der Waals surface area contributed by atoms with Crippen molar-refractivity contribution in [3.8, 4) is 0 Å². The minimum absolute atomic E-state index is 0.0787. The highest BCUT2D eigenvalue weighted by Crippen LogP contribution is 2.47. The third kappa shape index (κ3) is 3.89. The van der Waals surface area contributed by atoms with Gasteiger partial charge in [0.15, 0.2) is 5.78 Å². The van der Waals surface area contributed by atoms with Gasteiger partial charge in [0.25, 0.3) is 0 Å². The number of fused-ring (bicyclic) bond motifs is 2. The number of ketones is 1. The molecule has 5 heteroatoms. The SMILES string of the molecule is O=C(CCN1CCOCC1)C1CC2(CO1)CN(Cc1ccccc1)c1ccccc12. The van der Waals surface area contributed by atoms with Crippen LogP contribution in [0.5, 0.6) is 0 Å². The first kappa shape index (κ1) is 19.7. The topological polar surface area (TPSA) is 42.0 Å². The number of hydrogen-bond donors (Lipinski definition) is 0. The van der Waals surface area contributed by atoms with E-state index in [2.05, 4.69) is 64.4 Å². The molecule has 3 aliphatic rings. The Bertz CT molecular complexity index is 881. The third-order valence-corrected chi connectivity index (χ3v) is 6.80. The molecule has 2 unspecified atom stereocenters. The van der Waals surface area contributed by atoms with Crippen LogP contribution in [0.25, 0.3) is 0 Å². The van der Waals surface area contributed by atoms with Crippen molar-refractivity contribution in [1.29, 1.82) is 0 Å². The largest absolute Gasteiger partial charge is 0.379 e. The highest BCUT2D eigenvalue weighted by atomic mass is 16.5. The highest BCUT2D eigenvalue weighted by molar-refractivity contribution is 5.84. The summed E-state index contributed by atoms with van der Waals surface area (Å²) in [5, 5.41) is 0. The molecule has 0 aliphatic carbocycles. The van der Waals surface area contributed by atoms with Crippen LogP contribution in [0, 0.1) is 0 Å². The maximum atomic E-state index is 12.9. The van der Waals surface area contributed by atoms with Gasteiger partial charge in [0.1, 0.15) is 6.10 Å². The Kier molecular flexibility index (Phi) is 5.59. The van der Waals surface area contributed by atoms with Crippen LogP contribution in [0.3, 0.4) is 0 Å². The van der Waals surface area contributed by atoms with Gasteiger partial charge in [-0.1, -0.05) is 48.5 Å². The Labute approximate surface area is 178 Å². The van der Waals surface area contributed by atoms with Gasteiger partial charge in [-0.15, -0.1) is 0 Å². The summed E-state index contributed by atoms with van der Waals surface area (Å²) in [4.78, 5) is 17.7. The zero-order valence-electron chi connectivity index (χ0n) is 17.5. The van der Waals surface area contributed by atoms with Gasteiger partial charge in [-0.2, -0.15) is 0 Å². The van der Waals surface area contributed by atoms with E-state index >= 15 is 0 Å². The molecule has 2 saturated heterocycles. The highest BCUT2D eigenvalue weighted by Gasteiger charge is 2.50. The number of Topliss-reactive ketones (excluding diaryl/α,β-unsaturated/α-hetero) is 1. The van der Waals surface area contributed by atoms with Crippen LogP contribution in [0.2, 0.25) is 0 Å². The number of carbonyl (C=O) groups excluding carboxylic acids is 1. The summed E-state index contributed by atoms with van der Waals surface area (Å²) in [6.45, 7) is 6.62. The number of anilines is 1. The predicted molar refractivity (Wildman–Crippen MR) is 117 cm³/mol. The summed E-state index contributed by atoms with van der Waals surface area (Å²) < 4.78 is 11.5. The van der Waals surface area contributed by atoms with Gasteiger partial charge in [-0.25, -0.2) is 0 Å². The summed E-state index contributed by atoms with van der Waals surface area (Å²) >= 11 is 0.